The summed E-state index contributed by atoms with van der Waals surface area (Å²) in [6.07, 6.45) is 6.29. The van der Waals surface area contributed by atoms with Crippen molar-refractivity contribution in [2.75, 3.05) is 40.4 Å². The van der Waals surface area contributed by atoms with Crippen molar-refractivity contribution in [1.82, 2.24) is 10.2 Å². The Hall–Kier alpha value is -2.08. The Morgan fingerprint density at radius 3 is 2.79 bits per heavy atom. The zero-order valence-corrected chi connectivity index (χ0v) is 17.2. The van der Waals surface area contributed by atoms with Crippen molar-refractivity contribution in [3.05, 3.63) is 35.4 Å². The molecule has 0 saturated carbocycles. The van der Waals surface area contributed by atoms with Gasteiger partial charge in [0.1, 0.15) is 0 Å². The summed E-state index contributed by atoms with van der Waals surface area (Å²) in [5, 5.41) is 3.43. The van der Waals surface area contributed by atoms with E-state index in [0.29, 0.717) is 0 Å². The smallest absolute Gasteiger partial charge is 0.308 e. The van der Waals surface area contributed by atoms with Gasteiger partial charge in [0.25, 0.3) is 0 Å². The number of aliphatic imine (C=N–C) groups is 1. The monoisotopic (exact) mass is 387 g/mol. The van der Waals surface area contributed by atoms with Crippen LogP contribution in [0.4, 0.5) is 0 Å². The minimum atomic E-state index is -0.0935. The third kappa shape index (κ3) is 5.25. The van der Waals surface area contributed by atoms with Gasteiger partial charge in [-0.15, -0.1) is 0 Å². The standard InChI is InChI=1S/C22H33N3O3/c1-23-22(25-14-11-18(12-15-25)21(26)27-2)24-13-6-16-28-20-10-5-8-17-7-3-4-9-19(17)20/h3-4,7,9,18,20H,5-6,8,10-16H2,1-2H3,(H,23,24). The van der Waals surface area contributed by atoms with Crippen LogP contribution in [0.2, 0.25) is 0 Å². The minimum absolute atomic E-state index is 0.0196. The fourth-order valence-corrected chi connectivity index (χ4v) is 4.21. The lowest BCUT2D eigenvalue weighted by Gasteiger charge is -2.33. The van der Waals surface area contributed by atoms with Crippen molar-refractivity contribution >= 4 is 11.9 Å². The molecular weight excluding hydrogens is 354 g/mol. The Bertz CT molecular complexity index is 669. The molecule has 1 heterocycles. The predicted molar refractivity (Wildman–Crippen MR) is 110 cm³/mol. The number of carbonyl (C=O) groups is 1. The highest BCUT2D eigenvalue weighted by molar-refractivity contribution is 5.80. The summed E-state index contributed by atoms with van der Waals surface area (Å²) in [6.45, 7) is 3.23. The Balaban J connectivity index is 1.36. The molecular formula is C22H33N3O3. The number of benzene rings is 1. The molecule has 154 valence electrons. The molecule has 6 heteroatoms. The van der Waals surface area contributed by atoms with E-state index in [1.54, 1.807) is 0 Å². The number of nitrogens with one attached hydrogen (secondary N) is 1. The normalized spacial score (nSPS) is 20.6. The van der Waals surface area contributed by atoms with Gasteiger partial charge < -0.3 is 19.7 Å². The number of piperidine rings is 1. The lowest BCUT2D eigenvalue weighted by atomic mass is 9.89. The zero-order chi connectivity index (χ0) is 19.8. The van der Waals surface area contributed by atoms with Crippen molar-refractivity contribution in [3.63, 3.8) is 0 Å². The molecule has 1 aliphatic carbocycles. The molecule has 0 aromatic heterocycles. The SMILES string of the molecule is CN=C(NCCCOC1CCCc2ccccc21)N1CCC(C(=O)OC)CC1. The minimum Gasteiger partial charge on any atom is -0.469 e. The zero-order valence-electron chi connectivity index (χ0n) is 17.2. The predicted octanol–water partition coefficient (Wildman–Crippen LogP) is 2.93. The van der Waals surface area contributed by atoms with E-state index in [1.165, 1.54) is 31.1 Å². The van der Waals surface area contributed by atoms with Crippen LogP contribution in [0.5, 0.6) is 0 Å². The number of esters is 1. The van der Waals surface area contributed by atoms with Crippen molar-refractivity contribution in [2.45, 2.75) is 44.6 Å². The summed E-state index contributed by atoms with van der Waals surface area (Å²) in [4.78, 5) is 18.3. The quantitative estimate of drug-likeness (QED) is 0.352. The molecule has 1 atom stereocenters. The van der Waals surface area contributed by atoms with E-state index >= 15 is 0 Å². The first-order valence-corrected chi connectivity index (χ1v) is 10.5. The van der Waals surface area contributed by atoms with Gasteiger partial charge in [-0.05, 0) is 49.7 Å². The number of hydrogen-bond donors (Lipinski definition) is 1. The lowest BCUT2D eigenvalue weighted by Crippen LogP contribution is -2.47. The number of fused-ring (bicyclic) bond motifs is 1. The fraction of sp³-hybridized carbons (Fsp3) is 0.636. The molecule has 1 unspecified atom stereocenters. The molecule has 1 aromatic carbocycles. The molecule has 28 heavy (non-hydrogen) atoms. The number of methoxy groups -OCH3 is 1. The highest BCUT2D eigenvalue weighted by Gasteiger charge is 2.27. The van der Waals surface area contributed by atoms with Crippen molar-refractivity contribution < 1.29 is 14.3 Å². The van der Waals surface area contributed by atoms with Gasteiger partial charge in [-0.1, -0.05) is 24.3 Å². The average molecular weight is 388 g/mol. The van der Waals surface area contributed by atoms with Gasteiger partial charge in [-0.25, -0.2) is 0 Å². The number of carbonyl (C=O) groups excluding carboxylic acids is 1. The molecule has 6 nitrogen and oxygen atoms in total. The van der Waals surface area contributed by atoms with Gasteiger partial charge in [0.05, 0.1) is 19.1 Å². The molecule has 0 spiro atoms. The summed E-state index contributed by atoms with van der Waals surface area (Å²) in [5.41, 5.74) is 2.80. The van der Waals surface area contributed by atoms with E-state index in [1.807, 2.05) is 7.05 Å². The number of likely N-dealkylation sites (tertiary alicyclic amines) is 1. The van der Waals surface area contributed by atoms with Gasteiger partial charge in [0.15, 0.2) is 5.96 Å². The molecule has 1 saturated heterocycles. The maximum atomic E-state index is 11.7. The number of aryl methyl sites for hydroxylation is 1. The van der Waals surface area contributed by atoms with Crippen LogP contribution in [-0.4, -0.2) is 57.2 Å². The highest BCUT2D eigenvalue weighted by Crippen LogP contribution is 2.32. The summed E-state index contributed by atoms with van der Waals surface area (Å²) in [7, 11) is 3.27. The van der Waals surface area contributed by atoms with E-state index in [2.05, 4.69) is 39.5 Å². The van der Waals surface area contributed by atoms with Crippen LogP contribution in [0.25, 0.3) is 0 Å². The van der Waals surface area contributed by atoms with Gasteiger partial charge in [-0.2, -0.15) is 0 Å². The van der Waals surface area contributed by atoms with Crippen LogP contribution in [0.15, 0.2) is 29.3 Å². The second-order valence-corrected chi connectivity index (χ2v) is 7.56. The molecule has 0 radical (unpaired) electrons. The van der Waals surface area contributed by atoms with Crippen molar-refractivity contribution in [3.8, 4) is 0 Å². The third-order valence-electron chi connectivity index (χ3n) is 5.78. The topological polar surface area (TPSA) is 63.2 Å². The summed E-state index contributed by atoms with van der Waals surface area (Å²) in [6, 6.07) is 8.65. The molecule has 1 fully saturated rings. The Kier molecular flexibility index (Phi) is 7.71. The van der Waals surface area contributed by atoms with Crippen LogP contribution in [0.1, 0.15) is 49.3 Å². The second-order valence-electron chi connectivity index (χ2n) is 7.56. The van der Waals surface area contributed by atoms with E-state index in [9.17, 15) is 4.79 Å². The van der Waals surface area contributed by atoms with Crippen LogP contribution in [0.3, 0.4) is 0 Å². The fourth-order valence-electron chi connectivity index (χ4n) is 4.21. The first kappa shape index (κ1) is 20.6. The maximum absolute atomic E-state index is 11.7. The van der Waals surface area contributed by atoms with E-state index in [4.69, 9.17) is 9.47 Å². The molecule has 0 amide bonds. The first-order valence-electron chi connectivity index (χ1n) is 10.5. The Labute approximate surface area is 168 Å². The van der Waals surface area contributed by atoms with E-state index in [0.717, 1.165) is 57.9 Å². The number of ether oxygens (including phenoxy) is 2. The van der Waals surface area contributed by atoms with E-state index < -0.39 is 0 Å². The highest BCUT2D eigenvalue weighted by atomic mass is 16.5. The van der Waals surface area contributed by atoms with E-state index in [-0.39, 0.29) is 18.0 Å². The van der Waals surface area contributed by atoms with Crippen LogP contribution in [0, 0.1) is 5.92 Å². The maximum Gasteiger partial charge on any atom is 0.308 e. The molecule has 2 aliphatic rings. The Morgan fingerprint density at radius 1 is 1.25 bits per heavy atom. The van der Waals surface area contributed by atoms with Crippen LogP contribution < -0.4 is 5.32 Å². The van der Waals surface area contributed by atoms with Crippen molar-refractivity contribution in [1.29, 1.82) is 0 Å². The molecule has 1 N–H and O–H groups in total. The molecule has 0 bridgehead atoms. The molecule has 1 aliphatic heterocycles. The number of nitrogens with zero attached hydrogens (tertiary/aromatic N) is 2. The second kappa shape index (κ2) is 10.5. The van der Waals surface area contributed by atoms with Gasteiger partial charge in [0.2, 0.25) is 0 Å². The lowest BCUT2D eigenvalue weighted by molar-refractivity contribution is -0.146. The average Bonchev–Trinajstić information content (AvgIpc) is 2.76. The van der Waals surface area contributed by atoms with Crippen LogP contribution in [-0.2, 0) is 20.7 Å². The number of rotatable bonds is 6. The first-order chi connectivity index (χ1) is 13.7. The largest absolute Gasteiger partial charge is 0.469 e. The summed E-state index contributed by atoms with van der Waals surface area (Å²) < 4.78 is 11.0. The third-order valence-corrected chi connectivity index (χ3v) is 5.78. The van der Waals surface area contributed by atoms with Gasteiger partial charge in [-0.3, -0.25) is 9.79 Å². The van der Waals surface area contributed by atoms with Crippen molar-refractivity contribution in [2.24, 2.45) is 10.9 Å². The Morgan fingerprint density at radius 2 is 2.04 bits per heavy atom. The number of hydrogen-bond acceptors (Lipinski definition) is 4. The molecule has 1 aromatic rings. The van der Waals surface area contributed by atoms with Crippen LogP contribution >= 0.6 is 0 Å². The summed E-state index contributed by atoms with van der Waals surface area (Å²) >= 11 is 0. The number of guanidine groups is 1. The molecule has 3 rings (SSSR count). The van der Waals surface area contributed by atoms with Gasteiger partial charge >= 0.3 is 5.97 Å². The van der Waals surface area contributed by atoms with Gasteiger partial charge in [0, 0.05) is 33.3 Å². The summed E-state index contributed by atoms with van der Waals surface area (Å²) in [5.74, 6) is 0.835.